The van der Waals surface area contributed by atoms with Gasteiger partial charge < -0.3 is 5.32 Å². The van der Waals surface area contributed by atoms with E-state index in [1.165, 1.54) is 16.9 Å². The molecule has 5 nitrogen and oxygen atoms in total. The molecule has 1 N–H and O–H groups in total. The molecule has 0 fully saturated rings. The van der Waals surface area contributed by atoms with Gasteiger partial charge >= 0.3 is 0 Å². The summed E-state index contributed by atoms with van der Waals surface area (Å²) in [7, 11) is 0. The molecule has 146 valence electrons. The number of anilines is 1. The summed E-state index contributed by atoms with van der Waals surface area (Å²) in [4.78, 5) is 17.5. The highest BCUT2D eigenvalue weighted by Crippen LogP contribution is 2.27. The van der Waals surface area contributed by atoms with Crippen molar-refractivity contribution in [3.05, 3.63) is 80.2 Å². The van der Waals surface area contributed by atoms with Crippen LogP contribution in [-0.2, 0) is 0 Å². The minimum atomic E-state index is -0.312. The van der Waals surface area contributed by atoms with Gasteiger partial charge in [-0.25, -0.2) is 4.98 Å². The summed E-state index contributed by atoms with van der Waals surface area (Å²) in [5, 5.41) is 10.4. The number of benzene rings is 2. The monoisotopic (exact) mass is 486 g/mol. The number of amides is 1. The second-order valence-corrected chi connectivity index (χ2v) is 8.70. The van der Waals surface area contributed by atoms with Crippen LogP contribution < -0.4 is 5.32 Å². The molecule has 29 heavy (non-hydrogen) atoms. The highest BCUT2D eigenvalue weighted by molar-refractivity contribution is 9.10. The molecule has 1 amide bonds. The van der Waals surface area contributed by atoms with E-state index in [0.29, 0.717) is 21.5 Å². The maximum absolute atomic E-state index is 12.8. The minimum absolute atomic E-state index is 0.312. The molecule has 0 bridgehead atoms. The molecule has 2 aromatic carbocycles. The number of nitrogens with zero attached hydrogens (tertiary/aromatic N) is 3. The molecule has 0 radical (unpaired) electrons. The van der Waals surface area contributed by atoms with E-state index in [2.05, 4.69) is 45.4 Å². The lowest BCUT2D eigenvalue weighted by atomic mass is 10.1. The van der Waals surface area contributed by atoms with Crippen LogP contribution in [0.1, 0.15) is 21.6 Å². The second-order valence-electron chi connectivity index (χ2n) is 6.54. The molecule has 2 aromatic heterocycles. The Morgan fingerprint density at radius 2 is 1.90 bits per heavy atom. The third-order valence-corrected chi connectivity index (χ3v) is 5.91. The summed E-state index contributed by atoms with van der Waals surface area (Å²) in [5.41, 5.74) is 4.25. The van der Waals surface area contributed by atoms with Gasteiger partial charge in [-0.3, -0.25) is 4.79 Å². The van der Waals surface area contributed by atoms with Gasteiger partial charge in [-0.2, -0.15) is 9.78 Å². The fourth-order valence-electron chi connectivity index (χ4n) is 2.81. The lowest BCUT2D eigenvalue weighted by molar-refractivity contribution is 0.102. The Labute approximate surface area is 185 Å². The van der Waals surface area contributed by atoms with Crippen LogP contribution in [0.3, 0.4) is 0 Å². The first kappa shape index (κ1) is 19.8. The van der Waals surface area contributed by atoms with Crippen molar-refractivity contribution in [3.63, 3.8) is 0 Å². The number of carbonyl (C=O) groups excluding carboxylic acids is 1. The van der Waals surface area contributed by atoms with Crippen molar-refractivity contribution in [2.45, 2.75) is 13.8 Å². The van der Waals surface area contributed by atoms with Gasteiger partial charge in [0.15, 0.2) is 0 Å². The molecular formula is C21H16BrClN4OS. The predicted molar refractivity (Wildman–Crippen MR) is 121 cm³/mol. The van der Waals surface area contributed by atoms with Crippen LogP contribution in [0.25, 0.3) is 16.4 Å². The molecule has 0 aliphatic heterocycles. The first-order chi connectivity index (χ1) is 13.9. The Balaban J connectivity index is 1.64. The number of hydrogen-bond acceptors (Lipinski definition) is 4. The Hall–Kier alpha value is -2.48. The van der Waals surface area contributed by atoms with E-state index in [4.69, 9.17) is 16.6 Å². The molecule has 0 spiro atoms. The zero-order valence-electron chi connectivity index (χ0n) is 15.6. The van der Waals surface area contributed by atoms with Crippen LogP contribution >= 0.6 is 38.9 Å². The molecule has 0 aliphatic carbocycles. The van der Waals surface area contributed by atoms with E-state index in [-0.39, 0.29) is 5.91 Å². The Morgan fingerprint density at radius 3 is 2.66 bits per heavy atom. The van der Waals surface area contributed by atoms with Crippen molar-refractivity contribution in [1.82, 2.24) is 14.8 Å². The van der Waals surface area contributed by atoms with Gasteiger partial charge in [0.25, 0.3) is 5.91 Å². The van der Waals surface area contributed by atoms with Crippen LogP contribution in [0, 0.1) is 13.8 Å². The van der Waals surface area contributed by atoms with Gasteiger partial charge in [-0.15, -0.1) is 11.3 Å². The first-order valence-corrected chi connectivity index (χ1v) is 10.8. The number of nitrogens with one attached hydrogen (secondary N) is 1. The van der Waals surface area contributed by atoms with Gasteiger partial charge in [0.2, 0.25) is 5.13 Å². The van der Waals surface area contributed by atoms with Gasteiger partial charge in [-0.1, -0.05) is 57.4 Å². The number of halogens is 2. The summed E-state index contributed by atoms with van der Waals surface area (Å²) < 4.78 is 2.42. The van der Waals surface area contributed by atoms with Gasteiger partial charge in [-0.05, 0) is 32.0 Å². The average Bonchev–Trinajstić information content (AvgIpc) is 3.31. The van der Waals surface area contributed by atoms with E-state index in [9.17, 15) is 4.79 Å². The van der Waals surface area contributed by atoms with Gasteiger partial charge in [0, 0.05) is 21.5 Å². The van der Waals surface area contributed by atoms with Gasteiger partial charge in [0.1, 0.15) is 5.82 Å². The van der Waals surface area contributed by atoms with Crippen molar-refractivity contribution in [3.8, 4) is 16.4 Å². The SMILES string of the molecule is Cc1ccc(-c2csc(-n3nc(C)cc3NC(=O)c3cc(Br)ccc3Cl)n2)cc1. The molecule has 0 saturated carbocycles. The second kappa shape index (κ2) is 8.10. The Morgan fingerprint density at radius 1 is 1.14 bits per heavy atom. The zero-order chi connectivity index (χ0) is 20.5. The summed E-state index contributed by atoms with van der Waals surface area (Å²) in [6, 6.07) is 15.1. The summed E-state index contributed by atoms with van der Waals surface area (Å²) in [6.45, 7) is 3.92. The van der Waals surface area contributed by atoms with Crippen LogP contribution in [0.2, 0.25) is 5.02 Å². The van der Waals surface area contributed by atoms with Crippen LogP contribution in [0.15, 0.2) is 58.4 Å². The van der Waals surface area contributed by atoms with Crippen molar-refractivity contribution in [2.75, 3.05) is 5.32 Å². The van der Waals surface area contributed by atoms with E-state index in [1.807, 2.05) is 24.4 Å². The number of aromatic nitrogens is 3. The molecule has 0 atom stereocenters. The van der Waals surface area contributed by atoms with Crippen LogP contribution in [0.4, 0.5) is 5.82 Å². The third-order valence-electron chi connectivity index (χ3n) is 4.27. The van der Waals surface area contributed by atoms with E-state index in [0.717, 1.165) is 21.4 Å². The summed E-state index contributed by atoms with van der Waals surface area (Å²) >= 11 is 11.0. The lowest BCUT2D eigenvalue weighted by Gasteiger charge is -2.08. The van der Waals surface area contributed by atoms with Crippen LogP contribution in [0.5, 0.6) is 0 Å². The Bertz CT molecular complexity index is 1200. The number of aryl methyl sites for hydroxylation is 2. The third kappa shape index (κ3) is 4.27. The molecule has 4 aromatic rings. The standard InChI is InChI=1S/C21H16BrClN4OS/c1-12-3-5-14(6-4-12)18-11-29-21(24-18)27-19(9-13(2)26-27)25-20(28)16-10-15(22)7-8-17(16)23/h3-11H,1-2H3,(H,25,28). The van der Waals surface area contributed by atoms with Gasteiger partial charge in [0.05, 0.1) is 22.0 Å². The van der Waals surface area contributed by atoms with E-state index in [1.54, 1.807) is 28.9 Å². The minimum Gasteiger partial charge on any atom is -0.306 e. The molecule has 8 heteroatoms. The van der Waals surface area contributed by atoms with E-state index < -0.39 is 0 Å². The highest BCUT2D eigenvalue weighted by atomic mass is 79.9. The fraction of sp³-hybridized carbons (Fsp3) is 0.0952. The van der Waals surface area contributed by atoms with Crippen molar-refractivity contribution < 1.29 is 4.79 Å². The summed E-state index contributed by atoms with van der Waals surface area (Å²) in [6.07, 6.45) is 0. The molecule has 0 saturated heterocycles. The molecule has 4 rings (SSSR count). The smallest absolute Gasteiger partial charge is 0.258 e. The Kier molecular flexibility index (Phi) is 5.54. The maximum atomic E-state index is 12.8. The molecule has 2 heterocycles. The maximum Gasteiger partial charge on any atom is 0.258 e. The number of rotatable bonds is 4. The average molecular weight is 488 g/mol. The fourth-order valence-corrected chi connectivity index (χ4v) is 4.17. The summed E-state index contributed by atoms with van der Waals surface area (Å²) in [5.74, 6) is 0.223. The number of carbonyl (C=O) groups is 1. The predicted octanol–water partition coefficient (Wildman–Crippen LogP) is 6.28. The lowest BCUT2D eigenvalue weighted by Crippen LogP contribution is -2.15. The normalized spacial score (nSPS) is 10.9. The molecular weight excluding hydrogens is 472 g/mol. The number of thiazole rings is 1. The molecule has 0 unspecified atom stereocenters. The number of hydrogen-bond donors (Lipinski definition) is 1. The highest BCUT2D eigenvalue weighted by Gasteiger charge is 2.17. The van der Waals surface area contributed by atoms with Crippen LogP contribution in [-0.4, -0.2) is 20.7 Å². The zero-order valence-corrected chi connectivity index (χ0v) is 18.8. The molecule has 0 aliphatic rings. The first-order valence-electron chi connectivity index (χ1n) is 8.77. The largest absolute Gasteiger partial charge is 0.306 e. The topological polar surface area (TPSA) is 59.8 Å². The van der Waals surface area contributed by atoms with E-state index >= 15 is 0 Å². The van der Waals surface area contributed by atoms with Crippen molar-refractivity contribution in [2.24, 2.45) is 0 Å². The van der Waals surface area contributed by atoms with Crippen molar-refractivity contribution >= 4 is 50.6 Å². The van der Waals surface area contributed by atoms with Crippen molar-refractivity contribution in [1.29, 1.82) is 0 Å². The quantitative estimate of drug-likeness (QED) is 0.368.